The molecule has 0 aromatic heterocycles. The Morgan fingerprint density at radius 2 is 2.24 bits per heavy atom. The SMILES string of the molecule is CCCC/[C]=N/OCc1cccc(C(F)F)c1. The molecule has 4 heteroatoms. The van der Waals surface area contributed by atoms with Crippen molar-refractivity contribution in [3.05, 3.63) is 35.4 Å². The number of hydrogen-bond donors (Lipinski definition) is 0. The van der Waals surface area contributed by atoms with E-state index in [9.17, 15) is 8.78 Å². The van der Waals surface area contributed by atoms with Gasteiger partial charge in [-0.05, 0) is 24.5 Å². The van der Waals surface area contributed by atoms with Crippen molar-refractivity contribution in [3.8, 4) is 0 Å². The predicted molar refractivity (Wildman–Crippen MR) is 63.1 cm³/mol. The van der Waals surface area contributed by atoms with Crippen LogP contribution in [-0.2, 0) is 11.4 Å². The van der Waals surface area contributed by atoms with Gasteiger partial charge in [0.15, 0.2) is 0 Å². The van der Waals surface area contributed by atoms with E-state index in [4.69, 9.17) is 4.84 Å². The molecule has 1 aromatic rings. The lowest BCUT2D eigenvalue weighted by molar-refractivity contribution is 0.130. The van der Waals surface area contributed by atoms with Crippen molar-refractivity contribution >= 4 is 6.21 Å². The molecule has 0 heterocycles. The summed E-state index contributed by atoms with van der Waals surface area (Å²) in [7, 11) is 0. The van der Waals surface area contributed by atoms with Crippen LogP contribution in [0, 0.1) is 0 Å². The van der Waals surface area contributed by atoms with Crippen LogP contribution < -0.4 is 0 Å². The summed E-state index contributed by atoms with van der Waals surface area (Å²) in [4.78, 5) is 4.97. The Balaban J connectivity index is 2.36. The second-order valence-corrected chi connectivity index (χ2v) is 3.67. The molecule has 0 N–H and O–H groups in total. The van der Waals surface area contributed by atoms with Gasteiger partial charge in [-0.15, -0.1) is 0 Å². The van der Waals surface area contributed by atoms with Gasteiger partial charge >= 0.3 is 0 Å². The molecule has 0 amide bonds. The summed E-state index contributed by atoms with van der Waals surface area (Å²) < 4.78 is 24.8. The third-order valence-electron chi connectivity index (χ3n) is 2.21. The monoisotopic (exact) mass is 240 g/mol. The maximum absolute atomic E-state index is 12.4. The number of rotatable bonds is 7. The van der Waals surface area contributed by atoms with Crippen molar-refractivity contribution < 1.29 is 13.6 Å². The number of alkyl halides is 2. The van der Waals surface area contributed by atoms with E-state index in [1.165, 1.54) is 12.1 Å². The van der Waals surface area contributed by atoms with Gasteiger partial charge in [-0.25, -0.2) is 8.78 Å². The zero-order valence-corrected chi connectivity index (χ0v) is 9.83. The van der Waals surface area contributed by atoms with E-state index in [-0.39, 0.29) is 12.2 Å². The van der Waals surface area contributed by atoms with Crippen molar-refractivity contribution in [2.45, 2.75) is 39.2 Å². The highest BCUT2D eigenvalue weighted by molar-refractivity contribution is 5.56. The third kappa shape index (κ3) is 5.43. The van der Waals surface area contributed by atoms with E-state index >= 15 is 0 Å². The van der Waals surface area contributed by atoms with E-state index in [1.807, 2.05) is 0 Å². The van der Waals surface area contributed by atoms with Gasteiger partial charge < -0.3 is 4.84 Å². The van der Waals surface area contributed by atoms with Crippen LogP contribution in [0.15, 0.2) is 29.4 Å². The average Bonchev–Trinajstić information content (AvgIpc) is 2.34. The Kier molecular flexibility index (Phi) is 6.22. The summed E-state index contributed by atoms with van der Waals surface area (Å²) in [5, 5.41) is 3.64. The lowest BCUT2D eigenvalue weighted by atomic mass is 10.1. The Morgan fingerprint density at radius 1 is 1.41 bits per heavy atom. The van der Waals surface area contributed by atoms with E-state index in [1.54, 1.807) is 12.1 Å². The molecule has 93 valence electrons. The summed E-state index contributed by atoms with van der Waals surface area (Å²) in [6, 6.07) is 6.13. The molecule has 17 heavy (non-hydrogen) atoms. The van der Waals surface area contributed by atoms with Gasteiger partial charge in [0.2, 0.25) is 0 Å². The molecule has 0 atom stereocenters. The minimum atomic E-state index is -2.45. The summed E-state index contributed by atoms with van der Waals surface area (Å²) in [6.07, 6.45) is 3.16. The molecule has 0 aliphatic rings. The second kappa shape index (κ2) is 7.76. The van der Waals surface area contributed by atoms with Gasteiger partial charge in [0, 0.05) is 5.56 Å². The van der Waals surface area contributed by atoms with Crippen LogP contribution in [0.4, 0.5) is 8.78 Å². The van der Waals surface area contributed by atoms with Crippen molar-refractivity contribution in [1.29, 1.82) is 0 Å². The molecule has 0 unspecified atom stereocenters. The lowest BCUT2D eigenvalue weighted by Gasteiger charge is -2.03. The molecule has 0 fully saturated rings. The average molecular weight is 240 g/mol. The van der Waals surface area contributed by atoms with Crippen LogP contribution in [0.3, 0.4) is 0 Å². The van der Waals surface area contributed by atoms with Crippen molar-refractivity contribution in [1.82, 2.24) is 0 Å². The number of unbranched alkanes of at least 4 members (excludes halogenated alkanes) is 2. The van der Waals surface area contributed by atoms with Crippen LogP contribution >= 0.6 is 0 Å². The minimum Gasteiger partial charge on any atom is -0.391 e. The molecular weight excluding hydrogens is 224 g/mol. The Morgan fingerprint density at radius 3 is 2.94 bits per heavy atom. The molecule has 1 radical (unpaired) electrons. The first kappa shape index (κ1) is 13.6. The first-order valence-electron chi connectivity index (χ1n) is 5.66. The Labute approximate surface area is 100 Å². The maximum atomic E-state index is 12.4. The highest BCUT2D eigenvalue weighted by Gasteiger charge is 2.06. The molecule has 1 aromatic carbocycles. The first-order chi connectivity index (χ1) is 8.24. The van der Waals surface area contributed by atoms with E-state index < -0.39 is 6.43 Å². The third-order valence-corrected chi connectivity index (χ3v) is 2.21. The molecule has 0 aliphatic carbocycles. The predicted octanol–water partition coefficient (Wildman–Crippen LogP) is 4.19. The molecule has 2 nitrogen and oxygen atoms in total. The van der Waals surface area contributed by atoms with Gasteiger partial charge in [0.05, 0.1) is 0 Å². The normalized spacial score (nSPS) is 11.3. The summed E-state index contributed by atoms with van der Waals surface area (Å²) in [5.41, 5.74) is 0.689. The first-order valence-corrected chi connectivity index (χ1v) is 5.66. The van der Waals surface area contributed by atoms with Crippen molar-refractivity contribution in [3.63, 3.8) is 0 Å². The second-order valence-electron chi connectivity index (χ2n) is 3.67. The van der Waals surface area contributed by atoms with Gasteiger partial charge in [-0.2, -0.15) is 0 Å². The zero-order valence-electron chi connectivity index (χ0n) is 9.83. The zero-order chi connectivity index (χ0) is 12.5. The highest BCUT2D eigenvalue weighted by Crippen LogP contribution is 2.19. The molecule has 0 saturated carbocycles. The van der Waals surface area contributed by atoms with E-state index in [2.05, 4.69) is 18.3 Å². The van der Waals surface area contributed by atoms with Crippen LogP contribution in [0.2, 0.25) is 0 Å². The number of benzene rings is 1. The summed E-state index contributed by atoms with van der Waals surface area (Å²) in [6.45, 7) is 2.28. The quantitative estimate of drug-likeness (QED) is 0.398. The Bertz CT molecular complexity index is 353. The molecule has 0 aliphatic heterocycles. The fraction of sp³-hybridized carbons (Fsp3) is 0.462. The van der Waals surface area contributed by atoms with Crippen molar-refractivity contribution in [2.75, 3.05) is 0 Å². The van der Waals surface area contributed by atoms with Gasteiger partial charge in [-0.1, -0.05) is 36.7 Å². The topological polar surface area (TPSA) is 21.6 Å². The van der Waals surface area contributed by atoms with Crippen LogP contribution in [-0.4, -0.2) is 6.21 Å². The largest absolute Gasteiger partial charge is 0.391 e. The van der Waals surface area contributed by atoms with Gasteiger partial charge in [0.1, 0.15) is 12.8 Å². The van der Waals surface area contributed by atoms with Gasteiger partial charge in [-0.3, -0.25) is 0 Å². The Hall–Kier alpha value is -1.45. The molecular formula is C13H16F2NO. The van der Waals surface area contributed by atoms with Crippen LogP contribution in [0.25, 0.3) is 0 Å². The molecule has 0 spiro atoms. The van der Waals surface area contributed by atoms with Crippen LogP contribution in [0.1, 0.15) is 43.7 Å². The molecule has 0 saturated heterocycles. The van der Waals surface area contributed by atoms with E-state index in [0.29, 0.717) is 5.56 Å². The number of nitrogens with zero attached hydrogens (tertiary/aromatic N) is 1. The minimum absolute atomic E-state index is 0.00467. The lowest BCUT2D eigenvalue weighted by Crippen LogP contribution is -1.91. The smallest absolute Gasteiger partial charge is 0.263 e. The fourth-order valence-corrected chi connectivity index (χ4v) is 1.27. The number of hydrogen-bond acceptors (Lipinski definition) is 2. The van der Waals surface area contributed by atoms with Crippen LogP contribution in [0.5, 0.6) is 0 Å². The molecule has 1 rings (SSSR count). The number of halogens is 2. The van der Waals surface area contributed by atoms with Gasteiger partial charge in [0.25, 0.3) is 6.43 Å². The highest BCUT2D eigenvalue weighted by atomic mass is 19.3. The summed E-state index contributed by atoms with van der Waals surface area (Å²) in [5.74, 6) is 0. The standard InChI is InChI=1S/C13H16F2NO/c1-2-3-4-8-16-17-10-11-6-5-7-12(9-11)13(14)15/h5-7,9,13H,2-4,10H2,1H3. The van der Waals surface area contributed by atoms with Crippen molar-refractivity contribution in [2.24, 2.45) is 5.16 Å². The summed E-state index contributed by atoms with van der Waals surface area (Å²) >= 11 is 0. The molecule has 0 bridgehead atoms. The van der Waals surface area contributed by atoms with E-state index in [0.717, 1.165) is 19.3 Å². The fourth-order valence-electron chi connectivity index (χ4n) is 1.27. The maximum Gasteiger partial charge on any atom is 0.263 e.